The predicted molar refractivity (Wildman–Crippen MR) is 114 cm³/mol. The van der Waals surface area contributed by atoms with Gasteiger partial charge in [-0.25, -0.2) is 4.98 Å². The third-order valence-corrected chi connectivity index (χ3v) is 6.34. The summed E-state index contributed by atoms with van der Waals surface area (Å²) in [4.78, 5) is 20.7. The monoisotopic (exact) mass is 394 g/mol. The van der Waals surface area contributed by atoms with Crippen molar-refractivity contribution >= 4 is 23.1 Å². The van der Waals surface area contributed by atoms with Gasteiger partial charge < -0.3 is 14.8 Å². The molecular formula is C22H26N4OS. The standard InChI is InChI=1S/C22H26N4OS/c1-16-7-8-17(2)26(16)20-6-3-11-23-21(20)25-12-9-18(10-13-25)22(27)24-15-19-5-4-14-28-19/h3-8,11,14,18H,9-10,12-13,15H2,1-2H3,(H,24,27). The van der Waals surface area contributed by atoms with Gasteiger partial charge in [-0.05, 0) is 62.4 Å². The molecule has 0 spiro atoms. The van der Waals surface area contributed by atoms with Crippen molar-refractivity contribution in [3.8, 4) is 5.69 Å². The van der Waals surface area contributed by atoms with Gasteiger partial charge in [0.2, 0.25) is 5.91 Å². The number of hydrogen-bond acceptors (Lipinski definition) is 4. The Kier molecular flexibility index (Phi) is 5.48. The number of nitrogens with zero attached hydrogens (tertiary/aromatic N) is 3. The molecule has 4 rings (SSSR count). The van der Waals surface area contributed by atoms with E-state index in [-0.39, 0.29) is 11.8 Å². The number of nitrogens with one attached hydrogen (secondary N) is 1. The fourth-order valence-electron chi connectivity index (χ4n) is 3.94. The zero-order valence-corrected chi connectivity index (χ0v) is 17.2. The fraction of sp³-hybridized carbons (Fsp3) is 0.364. The van der Waals surface area contributed by atoms with Crippen LogP contribution in [0, 0.1) is 19.8 Å². The molecule has 1 aliphatic heterocycles. The largest absolute Gasteiger partial charge is 0.355 e. The second kappa shape index (κ2) is 8.19. The van der Waals surface area contributed by atoms with Gasteiger partial charge in [-0.1, -0.05) is 6.07 Å². The van der Waals surface area contributed by atoms with Gasteiger partial charge in [0.15, 0.2) is 5.82 Å². The van der Waals surface area contributed by atoms with E-state index in [4.69, 9.17) is 0 Å². The topological polar surface area (TPSA) is 50.2 Å². The zero-order chi connectivity index (χ0) is 19.5. The molecule has 1 aliphatic rings. The summed E-state index contributed by atoms with van der Waals surface area (Å²) in [6.45, 7) is 6.57. The average Bonchev–Trinajstić information content (AvgIpc) is 3.36. The van der Waals surface area contributed by atoms with Crippen LogP contribution in [0.15, 0.2) is 48.0 Å². The minimum absolute atomic E-state index is 0.0819. The Morgan fingerprint density at radius 1 is 1.14 bits per heavy atom. The molecule has 6 heteroatoms. The molecule has 1 fully saturated rings. The van der Waals surface area contributed by atoms with Gasteiger partial charge in [0.1, 0.15) is 0 Å². The normalized spacial score (nSPS) is 15.0. The van der Waals surface area contributed by atoms with Crippen molar-refractivity contribution in [1.82, 2.24) is 14.9 Å². The molecule has 3 aromatic rings. The molecule has 0 radical (unpaired) electrons. The van der Waals surface area contributed by atoms with Gasteiger partial charge in [0, 0.05) is 41.5 Å². The van der Waals surface area contributed by atoms with Gasteiger partial charge in [-0.3, -0.25) is 4.79 Å². The minimum Gasteiger partial charge on any atom is -0.355 e. The predicted octanol–water partition coefficient (Wildman–Crippen LogP) is 4.08. The number of rotatable bonds is 5. The first kappa shape index (κ1) is 18.7. The van der Waals surface area contributed by atoms with Gasteiger partial charge in [0.25, 0.3) is 0 Å². The Balaban J connectivity index is 1.42. The second-order valence-electron chi connectivity index (χ2n) is 7.36. The number of piperidine rings is 1. The summed E-state index contributed by atoms with van der Waals surface area (Å²) in [6.07, 6.45) is 3.57. The molecule has 28 heavy (non-hydrogen) atoms. The van der Waals surface area contributed by atoms with Crippen molar-refractivity contribution in [1.29, 1.82) is 0 Å². The van der Waals surface area contributed by atoms with Crippen LogP contribution in [-0.4, -0.2) is 28.5 Å². The van der Waals surface area contributed by atoms with Crippen LogP contribution in [0.25, 0.3) is 5.69 Å². The maximum Gasteiger partial charge on any atom is 0.223 e. The van der Waals surface area contributed by atoms with Crippen LogP contribution in [0.5, 0.6) is 0 Å². The molecule has 0 unspecified atom stereocenters. The molecule has 146 valence electrons. The number of pyridine rings is 1. The van der Waals surface area contributed by atoms with E-state index >= 15 is 0 Å². The zero-order valence-electron chi connectivity index (χ0n) is 16.4. The lowest BCUT2D eigenvalue weighted by Gasteiger charge is -2.33. The molecule has 1 amide bonds. The van der Waals surface area contributed by atoms with Crippen molar-refractivity contribution in [3.63, 3.8) is 0 Å². The van der Waals surface area contributed by atoms with Crippen LogP contribution in [0.3, 0.4) is 0 Å². The Hall–Kier alpha value is -2.60. The molecule has 1 saturated heterocycles. The molecule has 4 heterocycles. The van der Waals surface area contributed by atoms with E-state index in [1.165, 1.54) is 16.3 Å². The summed E-state index contributed by atoms with van der Waals surface area (Å²) in [5.74, 6) is 1.26. The van der Waals surface area contributed by atoms with E-state index in [2.05, 4.69) is 57.9 Å². The number of amides is 1. The first-order valence-electron chi connectivity index (χ1n) is 9.79. The Bertz CT molecular complexity index is 920. The summed E-state index contributed by atoms with van der Waals surface area (Å²) in [7, 11) is 0. The van der Waals surface area contributed by atoms with Crippen LogP contribution in [0.2, 0.25) is 0 Å². The average molecular weight is 395 g/mol. The number of anilines is 1. The Morgan fingerprint density at radius 2 is 1.89 bits per heavy atom. The number of aromatic nitrogens is 2. The highest BCUT2D eigenvalue weighted by atomic mass is 32.1. The van der Waals surface area contributed by atoms with E-state index in [1.807, 2.05) is 23.7 Å². The number of carbonyl (C=O) groups is 1. The number of aryl methyl sites for hydroxylation is 2. The van der Waals surface area contributed by atoms with Gasteiger partial charge in [-0.15, -0.1) is 11.3 Å². The quantitative estimate of drug-likeness (QED) is 0.709. The smallest absolute Gasteiger partial charge is 0.223 e. The molecule has 5 nitrogen and oxygen atoms in total. The van der Waals surface area contributed by atoms with Crippen LogP contribution in [0.1, 0.15) is 29.1 Å². The first-order valence-corrected chi connectivity index (χ1v) is 10.7. The lowest BCUT2D eigenvalue weighted by Crippen LogP contribution is -2.41. The third-order valence-electron chi connectivity index (χ3n) is 5.46. The molecule has 0 atom stereocenters. The highest BCUT2D eigenvalue weighted by molar-refractivity contribution is 7.09. The molecule has 3 aromatic heterocycles. The number of thiophene rings is 1. The van der Waals surface area contributed by atoms with Crippen LogP contribution in [0.4, 0.5) is 5.82 Å². The van der Waals surface area contributed by atoms with Gasteiger partial charge >= 0.3 is 0 Å². The van der Waals surface area contributed by atoms with Crippen LogP contribution >= 0.6 is 11.3 Å². The molecule has 1 N–H and O–H groups in total. The molecule has 0 aliphatic carbocycles. The van der Waals surface area contributed by atoms with E-state index in [0.29, 0.717) is 6.54 Å². The second-order valence-corrected chi connectivity index (χ2v) is 8.39. The summed E-state index contributed by atoms with van der Waals surface area (Å²) in [6, 6.07) is 12.5. The van der Waals surface area contributed by atoms with Crippen molar-refractivity contribution < 1.29 is 4.79 Å². The number of carbonyl (C=O) groups excluding carboxylic acids is 1. The first-order chi connectivity index (χ1) is 13.6. The Labute approximate surface area is 170 Å². The summed E-state index contributed by atoms with van der Waals surface area (Å²) < 4.78 is 2.25. The minimum atomic E-state index is 0.0819. The van der Waals surface area contributed by atoms with Crippen LogP contribution < -0.4 is 10.2 Å². The van der Waals surface area contributed by atoms with E-state index in [1.54, 1.807) is 11.3 Å². The van der Waals surface area contributed by atoms with Gasteiger partial charge in [-0.2, -0.15) is 0 Å². The van der Waals surface area contributed by atoms with E-state index in [0.717, 1.165) is 37.4 Å². The summed E-state index contributed by atoms with van der Waals surface area (Å²) >= 11 is 1.68. The maximum absolute atomic E-state index is 12.5. The molecule has 0 bridgehead atoms. The van der Waals surface area contributed by atoms with Crippen molar-refractivity contribution in [2.45, 2.75) is 33.2 Å². The SMILES string of the molecule is Cc1ccc(C)n1-c1cccnc1N1CCC(C(=O)NCc2cccs2)CC1. The highest BCUT2D eigenvalue weighted by Crippen LogP contribution is 2.29. The van der Waals surface area contributed by atoms with E-state index in [9.17, 15) is 4.79 Å². The van der Waals surface area contributed by atoms with Crippen molar-refractivity contribution in [3.05, 3.63) is 64.2 Å². The van der Waals surface area contributed by atoms with Crippen molar-refractivity contribution in [2.24, 2.45) is 5.92 Å². The lowest BCUT2D eigenvalue weighted by atomic mass is 9.96. The summed E-state index contributed by atoms with van der Waals surface area (Å²) in [5, 5.41) is 5.13. The van der Waals surface area contributed by atoms with E-state index < -0.39 is 0 Å². The molecule has 0 aromatic carbocycles. The maximum atomic E-state index is 12.5. The molecular weight excluding hydrogens is 368 g/mol. The lowest BCUT2D eigenvalue weighted by molar-refractivity contribution is -0.125. The third kappa shape index (κ3) is 3.83. The number of hydrogen-bond donors (Lipinski definition) is 1. The highest BCUT2D eigenvalue weighted by Gasteiger charge is 2.27. The summed E-state index contributed by atoms with van der Waals surface area (Å²) in [5.41, 5.74) is 3.52. The van der Waals surface area contributed by atoms with Crippen molar-refractivity contribution in [2.75, 3.05) is 18.0 Å². The van der Waals surface area contributed by atoms with Crippen LogP contribution in [-0.2, 0) is 11.3 Å². The molecule has 0 saturated carbocycles. The van der Waals surface area contributed by atoms with Gasteiger partial charge in [0.05, 0.1) is 12.2 Å². The fourth-order valence-corrected chi connectivity index (χ4v) is 4.58. The Morgan fingerprint density at radius 3 is 2.57 bits per heavy atom.